The molecule has 0 heterocycles. The highest BCUT2D eigenvalue weighted by atomic mass is 16.5. The van der Waals surface area contributed by atoms with Crippen LogP contribution in [-0.2, 0) is 0 Å². The van der Waals surface area contributed by atoms with Crippen LogP contribution in [0.5, 0.6) is 5.75 Å². The molecule has 0 spiro atoms. The van der Waals surface area contributed by atoms with Crippen LogP contribution in [-0.4, -0.2) is 11.2 Å². The van der Waals surface area contributed by atoms with Gasteiger partial charge in [0, 0.05) is 5.69 Å². The van der Waals surface area contributed by atoms with Gasteiger partial charge in [0.05, 0.1) is 6.10 Å². The summed E-state index contributed by atoms with van der Waals surface area (Å²) >= 11 is 0. The summed E-state index contributed by atoms with van der Waals surface area (Å²) in [6, 6.07) is 14.7. The predicted octanol–water partition coefficient (Wildman–Crippen LogP) is 3.14. The Morgan fingerprint density at radius 3 is 2.26 bits per heavy atom. The Balaban J connectivity index is 2.17. The number of benzene rings is 2. The van der Waals surface area contributed by atoms with Crippen LogP contribution in [0, 0.1) is 0 Å². The van der Waals surface area contributed by atoms with Crippen LogP contribution < -0.4 is 10.5 Å². The number of nitrogens with two attached hydrogens (primary N) is 1. The van der Waals surface area contributed by atoms with E-state index in [1.165, 1.54) is 0 Å². The first kappa shape index (κ1) is 13.4. The molecule has 2 aromatic carbocycles. The molecule has 0 amide bonds. The monoisotopic (exact) mass is 257 g/mol. The zero-order chi connectivity index (χ0) is 13.8. The number of ether oxygens (including phenoxy) is 1. The Labute approximate surface area is 113 Å². The Bertz CT molecular complexity index is 535. The van der Waals surface area contributed by atoms with Crippen molar-refractivity contribution in [3.63, 3.8) is 0 Å². The zero-order valence-electron chi connectivity index (χ0n) is 11.2. The van der Waals surface area contributed by atoms with Crippen LogP contribution in [0.25, 0.3) is 0 Å². The van der Waals surface area contributed by atoms with Crippen LogP contribution in [0.3, 0.4) is 0 Å². The number of aliphatic hydroxyl groups excluding tert-OH is 1. The van der Waals surface area contributed by atoms with Crippen molar-refractivity contribution in [2.24, 2.45) is 0 Å². The first-order valence-electron chi connectivity index (χ1n) is 6.36. The molecule has 0 saturated heterocycles. The van der Waals surface area contributed by atoms with E-state index >= 15 is 0 Å². The van der Waals surface area contributed by atoms with Crippen molar-refractivity contribution in [1.82, 2.24) is 0 Å². The molecule has 0 radical (unpaired) electrons. The van der Waals surface area contributed by atoms with E-state index in [-0.39, 0.29) is 6.10 Å². The molecule has 19 heavy (non-hydrogen) atoms. The quantitative estimate of drug-likeness (QED) is 0.827. The van der Waals surface area contributed by atoms with E-state index in [1.807, 2.05) is 50.2 Å². The van der Waals surface area contributed by atoms with Gasteiger partial charge in [0.25, 0.3) is 0 Å². The minimum atomic E-state index is -0.670. The molecule has 3 heteroatoms. The number of hydrogen-bond acceptors (Lipinski definition) is 3. The first-order valence-corrected chi connectivity index (χ1v) is 6.36. The molecule has 3 N–H and O–H groups in total. The SMILES string of the molecule is CC(C)Oc1ccc(C(O)c2cccc(N)c2)cc1. The van der Waals surface area contributed by atoms with Gasteiger partial charge in [-0.25, -0.2) is 0 Å². The van der Waals surface area contributed by atoms with Gasteiger partial charge >= 0.3 is 0 Å². The number of nitrogen functional groups attached to an aromatic ring is 1. The van der Waals surface area contributed by atoms with E-state index < -0.39 is 6.10 Å². The molecular formula is C16H19NO2. The zero-order valence-corrected chi connectivity index (χ0v) is 11.2. The van der Waals surface area contributed by atoms with Crippen molar-refractivity contribution in [1.29, 1.82) is 0 Å². The minimum absolute atomic E-state index is 0.143. The van der Waals surface area contributed by atoms with Crippen molar-refractivity contribution >= 4 is 5.69 Å². The molecule has 1 atom stereocenters. The van der Waals surface area contributed by atoms with Crippen molar-refractivity contribution in [2.75, 3.05) is 5.73 Å². The molecule has 1 unspecified atom stereocenters. The topological polar surface area (TPSA) is 55.5 Å². The lowest BCUT2D eigenvalue weighted by molar-refractivity contribution is 0.219. The second-order valence-electron chi connectivity index (χ2n) is 4.81. The average molecular weight is 257 g/mol. The van der Waals surface area contributed by atoms with Gasteiger partial charge in [0.15, 0.2) is 0 Å². The van der Waals surface area contributed by atoms with Gasteiger partial charge in [-0.2, -0.15) is 0 Å². The summed E-state index contributed by atoms with van der Waals surface area (Å²) in [5.74, 6) is 0.804. The second kappa shape index (κ2) is 5.76. The maximum absolute atomic E-state index is 10.3. The summed E-state index contributed by atoms with van der Waals surface area (Å²) < 4.78 is 5.57. The van der Waals surface area contributed by atoms with Crippen LogP contribution in [0.15, 0.2) is 48.5 Å². The third kappa shape index (κ3) is 3.48. The van der Waals surface area contributed by atoms with Gasteiger partial charge in [-0.1, -0.05) is 24.3 Å². The molecular weight excluding hydrogens is 238 g/mol. The van der Waals surface area contributed by atoms with Crippen molar-refractivity contribution in [3.05, 3.63) is 59.7 Å². The highest BCUT2D eigenvalue weighted by Crippen LogP contribution is 2.25. The number of anilines is 1. The summed E-state index contributed by atoms with van der Waals surface area (Å²) in [6.07, 6.45) is -0.527. The summed E-state index contributed by atoms with van der Waals surface area (Å²) in [4.78, 5) is 0. The first-order chi connectivity index (χ1) is 9.06. The van der Waals surface area contributed by atoms with Gasteiger partial charge in [0.1, 0.15) is 11.9 Å². The van der Waals surface area contributed by atoms with E-state index in [4.69, 9.17) is 10.5 Å². The van der Waals surface area contributed by atoms with Gasteiger partial charge in [-0.3, -0.25) is 0 Å². The van der Waals surface area contributed by atoms with Gasteiger partial charge in [-0.15, -0.1) is 0 Å². The van der Waals surface area contributed by atoms with Crippen molar-refractivity contribution in [3.8, 4) is 5.75 Å². The normalized spacial score (nSPS) is 12.4. The fraction of sp³-hybridized carbons (Fsp3) is 0.250. The molecule has 100 valence electrons. The number of rotatable bonds is 4. The Kier molecular flexibility index (Phi) is 4.07. The van der Waals surface area contributed by atoms with E-state index in [9.17, 15) is 5.11 Å². The molecule has 0 aromatic heterocycles. The van der Waals surface area contributed by atoms with Gasteiger partial charge < -0.3 is 15.6 Å². The molecule has 2 aromatic rings. The maximum Gasteiger partial charge on any atom is 0.119 e. The predicted molar refractivity (Wildman–Crippen MR) is 77.1 cm³/mol. The largest absolute Gasteiger partial charge is 0.491 e. The fourth-order valence-electron chi connectivity index (χ4n) is 1.92. The smallest absolute Gasteiger partial charge is 0.119 e. The lowest BCUT2D eigenvalue weighted by Crippen LogP contribution is -2.06. The van der Waals surface area contributed by atoms with Crippen LogP contribution in [0.2, 0.25) is 0 Å². The Hall–Kier alpha value is -2.00. The third-order valence-electron chi connectivity index (χ3n) is 2.79. The second-order valence-corrected chi connectivity index (χ2v) is 4.81. The van der Waals surface area contributed by atoms with Gasteiger partial charge in [-0.05, 0) is 49.2 Å². The third-order valence-corrected chi connectivity index (χ3v) is 2.79. The summed E-state index contributed by atoms with van der Waals surface area (Å²) in [5, 5.41) is 10.3. The molecule has 2 rings (SSSR count). The van der Waals surface area contributed by atoms with E-state index in [2.05, 4.69) is 0 Å². The summed E-state index contributed by atoms with van der Waals surface area (Å²) in [7, 11) is 0. The highest BCUT2D eigenvalue weighted by Gasteiger charge is 2.10. The average Bonchev–Trinajstić information content (AvgIpc) is 2.38. The lowest BCUT2D eigenvalue weighted by atomic mass is 10.0. The number of hydrogen-bond donors (Lipinski definition) is 2. The molecule has 0 fully saturated rings. The minimum Gasteiger partial charge on any atom is -0.491 e. The van der Waals surface area contributed by atoms with Gasteiger partial charge in [0.2, 0.25) is 0 Å². The van der Waals surface area contributed by atoms with Crippen molar-refractivity contribution < 1.29 is 9.84 Å². The molecule has 0 aliphatic carbocycles. The Morgan fingerprint density at radius 1 is 1.00 bits per heavy atom. The molecule has 0 saturated carbocycles. The molecule has 0 aliphatic heterocycles. The van der Waals surface area contributed by atoms with E-state index in [0.29, 0.717) is 5.69 Å². The Morgan fingerprint density at radius 2 is 1.68 bits per heavy atom. The molecule has 0 aliphatic rings. The molecule has 3 nitrogen and oxygen atoms in total. The standard InChI is InChI=1S/C16H19NO2/c1-11(2)19-15-8-6-12(7-9-15)16(18)13-4-3-5-14(17)10-13/h3-11,16,18H,17H2,1-2H3. The fourth-order valence-corrected chi connectivity index (χ4v) is 1.92. The van der Waals surface area contributed by atoms with Crippen LogP contribution in [0.1, 0.15) is 31.1 Å². The van der Waals surface area contributed by atoms with Crippen LogP contribution in [0.4, 0.5) is 5.69 Å². The van der Waals surface area contributed by atoms with E-state index in [1.54, 1.807) is 12.1 Å². The summed E-state index contributed by atoms with van der Waals surface area (Å²) in [6.45, 7) is 3.96. The lowest BCUT2D eigenvalue weighted by Gasteiger charge is -2.14. The highest BCUT2D eigenvalue weighted by molar-refractivity contribution is 5.44. The maximum atomic E-state index is 10.3. The van der Waals surface area contributed by atoms with E-state index in [0.717, 1.165) is 16.9 Å². The molecule has 0 bridgehead atoms. The summed E-state index contributed by atoms with van der Waals surface area (Å²) in [5.41, 5.74) is 7.98. The van der Waals surface area contributed by atoms with Crippen molar-refractivity contribution in [2.45, 2.75) is 26.1 Å². The number of aliphatic hydroxyl groups is 1. The van der Waals surface area contributed by atoms with Crippen LogP contribution >= 0.6 is 0 Å².